The molecular formula is C22H29ClIN5O2. The zero-order valence-electron chi connectivity index (χ0n) is 17.7. The van der Waals surface area contributed by atoms with Gasteiger partial charge in [-0.3, -0.25) is 14.6 Å². The lowest BCUT2D eigenvalue weighted by Gasteiger charge is -2.12. The molecular weight excluding hydrogens is 529 g/mol. The van der Waals surface area contributed by atoms with E-state index in [1.807, 2.05) is 25.1 Å². The average molecular weight is 558 g/mol. The molecule has 9 heteroatoms. The Morgan fingerprint density at radius 1 is 0.968 bits per heavy atom. The van der Waals surface area contributed by atoms with Crippen LogP contribution in [0.15, 0.2) is 53.5 Å². The molecule has 0 aliphatic carbocycles. The van der Waals surface area contributed by atoms with Crippen LogP contribution >= 0.6 is 35.6 Å². The third kappa shape index (κ3) is 9.14. The third-order valence-corrected chi connectivity index (χ3v) is 4.58. The van der Waals surface area contributed by atoms with E-state index in [0.717, 1.165) is 12.1 Å². The van der Waals surface area contributed by atoms with Gasteiger partial charge in [0.25, 0.3) is 11.8 Å². The lowest BCUT2D eigenvalue weighted by atomic mass is 10.1. The number of guanidine groups is 1. The molecule has 2 rings (SSSR count). The number of carbonyl (C=O) groups excluding carboxylic acids is 2. The molecule has 0 atom stereocenters. The van der Waals surface area contributed by atoms with Crippen LogP contribution in [0.2, 0.25) is 5.02 Å². The number of hydrogen-bond acceptors (Lipinski definition) is 3. The van der Waals surface area contributed by atoms with Gasteiger partial charge in [-0.15, -0.1) is 24.0 Å². The number of carbonyl (C=O) groups is 2. The molecule has 0 aromatic heterocycles. The molecule has 4 N–H and O–H groups in total. The van der Waals surface area contributed by atoms with Crippen LogP contribution in [0, 0.1) is 0 Å². The maximum Gasteiger partial charge on any atom is 0.252 e. The van der Waals surface area contributed by atoms with Crippen molar-refractivity contribution in [3.63, 3.8) is 0 Å². The number of nitrogens with one attached hydrogen (secondary N) is 4. The number of nitrogens with zero attached hydrogens (tertiary/aromatic N) is 1. The highest BCUT2D eigenvalue weighted by Crippen LogP contribution is 2.14. The predicted molar refractivity (Wildman–Crippen MR) is 137 cm³/mol. The van der Waals surface area contributed by atoms with Gasteiger partial charge in [0.2, 0.25) is 0 Å². The Balaban J connectivity index is 0.00000480. The van der Waals surface area contributed by atoms with Gasteiger partial charge in [0.05, 0.1) is 10.6 Å². The molecule has 0 saturated carbocycles. The fraction of sp³-hybridized carbons (Fsp3) is 0.318. The minimum atomic E-state index is -0.208. The number of benzene rings is 2. The van der Waals surface area contributed by atoms with Crippen molar-refractivity contribution in [3.8, 4) is 0 Å². The Morgan fingerprint density at radius 3 is 2.42 bits per heavy atom. The van der Waals surface area contributed by atoms with Crippen molar-refractivity contribution in [1.82, 2.24) is 21.3 Å². The van der Waals surface area contributed by atoms with Crippen molar-refractivity contribution < 1.29 is 9.59 Å². The molecule has 7 nitrogen and oxygen atoms in total. The van der Waals surface area contributed by atoms with Crippen LogP contribution in [0.25, 0.3) is 0 Å². The van der Waals surface area contributed by atoms with Gasteiger partial charge in [0.1, 0.15) is 0 Å². The summed E-state index contributed by atoms with van der Waals surface area (Å²) in [6, 6.07) is 14.5. The Hall–Kier alpha value is -2.33. The van der Waals surface area contributed by atoms with Crippen LogP contribution in [0.5, 0.6) is 0 Å². The molecule has 0 aliphatic heterocycles. The van der Waals surface area contributed by atoms with E-state index >= 15 is 0 Å². The average Bonchev–Trinajstić information content (AvgIpc) is 2.76. The summed E-state index contributed by atoms with van der Waals surface area (Å²) >= 11 is 6.04. The molecule has 0 radical (unpaired) electrons. The molecule has 0 unspecified atom stereocenters. The number of rotatable bonds is 9. The van der Waals surface area contributed by atoms with Crippen LogP contribution in [0.3, 0.4) is 0 Å². The summed E-state index contributed by atoms with van der Waals surface area (Å²) in [5, 5.41) is 12.3. The zero-order valence-corrected chi connectivity index (χ0v) is 20.8. The summed E-state index contributed by atoms with van der Waals surface area (Å²) in [7, 11) is 1.62. The normalized spacial score (nSPS) is 10.6. The molecule has 0 fully saturated rings. The summed E-state index contributed by atoms with van der Waals surface area (Å²) in [6.45, 7) is 4.24. The van der Waals surface area contributed by atoms with E-state index in [4.69, 9.17) is 11.6 Å². The Kier molecular flexibility index (Phi) is 12.6. The van der Waals surface area contributed by atoms with E-state index < -0.39 is 0 Å². The first-order chi connectivity index (χ1) is 14.5. The second-order valence-electron chi connectivity index (χ2n) is 6.45. The molecule has 168 valence electrons. The first kappa shape index (κ1) is 26.7. The Labute approximate surface area is 205 Å². The van der Waals surface area contributed by atoms with E-state index in [0.29, 0.717) is 48.2 Å². The van der Waals surface area contributed by atoms with Crippen LogP contribution < -0.4 is 21.3 Å². The van der Waals surface area contributed by atoms with E-state index in [9.17, 15) is 9.59 Å². The molecule has 0 bridgehead atoms. The van der Waals surface area contributed by atoms with Crippen molar-refractivity contribution in [2.75, 3.05) is 33.2 Å². The van der Waals surface area contributed by atoms with Gasteiger partial charge >= 0.3 is 0 Å². The lowest BCUT2D eigenvalue weighted by Crippen LogP contribution is -2.41. The monoisotopic (exact) mass is 557 g/mol. The minimum absolute atomic E-state index is 0. The summed E-state index contributed by atoms with van der Waals surface area (Å²) in [5.74, 6) is 0.362. The highest BCUT2D eigenvalue weighted by Gasteiger charge is 2.08. The Morgan fingerprint density at radius 2 is 1.71 bits per heavy atom. The molecule has 2 amide bonds. The first-order valence-electron chi connectivity index (χ1n) is 9.91. The maximum absolute atomic E-state index is 12.2. The van der Waals surface area contributed by atoms with E-state index in [2.05, 4.69) is 26.3 Å². The molecule has 0 saturated heterocycles. The zero-order chi connectivity index (χ0) is 21.8. The maximum atomic E-state index is 12.2. The van der Waals surface area contributed by atoms with Gasteiger partial charge in [0.15, 0.2) is 5.96 Å². The SMILES string of the molecule is CCNC(=NCCc1cccc(C(=O)NC)c1)NCCNC(=O)c1ccccc1Cl.I. The van der Waals surface area contributed by atoms with E-state index in [1.54, 1.807) is 37.4 Å². The van der Waals surface area contributed by atoms with Crippen LogP contribution in [-0.2, 0) is 6.42 Å². The van der Waals surface area contributed by atoms with E-state index in [1.165, 1.54) is 0 Å². The number of amides is 2. The van der Waals surface area contributed by atoms with Crippen LogP contribution in [0.4, 0.5) is 0 Å². The fourth-order valence-corrected chi connectivity index (χ4v) is 2.97. The highest BCUT2D eigenvalue weighted by atomic mass is 127. The van der Waals surface area contributed by atoms with Gasteiger partial charge < -0.3 is 21.3 Å². The van der Waals surface area contributed by atoms with Crippen molar-refractivity contribution in [1.29, 1.82) is 0 Å². The topological polar surface area (TPSA) is 94.6 Å². The molecule has 0 aliphatic rings. The van der Waals surface area contributed by atoms with Gasteiger partial charge in [-0.1, -0.05) is 35.9 Å². The largest absolute Gasteiger partial charge is 0.357 e. The van der Waals surface area contributed by atoms with E-state index in [-0.39, 0.29) is 35.8 Å². The third-order valence-electron chi connectivity index (χ3n) is 4.25. The summed E-state index contributed by atoms with van der Waals surface area (Å²) in [6.07, 6.45) is 0.713. The summed E-state index contributed by atoms with van der Waals surface area (Å²) < 4.78 is 0. The summed E-state index contributed by atoms with van der Waals surface area (Å²) in [4.78, 5) is 28.5. The first-order valence-corrected chi connectivity index (χ1v) is 10.3. The molecule has 31 heavy (non-hydrogen) atoms. The lowest BCUT2D eigenvalue weighted by molar-refractivity contribution is 0.0949. The van der Waals surface area contributed by atoms with Gasteiger partial charge in [-0.25, -0.2) is 0 Å². The van der Waals surface area contributed by atoms with Gasteiger partial charge in [-0.2, -0.15) is 0 Å². The number of halogens is 2. The van der Waals surface area contributed by atoms with Crippen molar-refractivity contribution in [2.24, 2.45) is 4.99 Å². The molecule has 0 spiro atoms. The quantitative estimate of drug-likeness (QED) is 0.165. The minimum Gasteiger partial charge on any atom is -0.357 e. The molecule has 2 aromatic carbocycles. The van der Waals surface area contributed by atoms with Crippen molar-refractivity contribution >= 4 is 53.4 Å². The van der Waals surface area contributed by atoms with Crippen molar-refractivity contribution in [3.05, 3.63) is 70.2 Å². The number of aliphatic imine (C=N–C) groups is 1. The predicted octanol–water partition coefficient (Wildman–Crippen LogP) is 2.85. The summed E-state index contributed by atoms with van der Waals surface area (Å²) in [5.41, 5.74) is 2.14. The Bertz CT molecular complexity index is 892. The second kappa shape index (κ2) is 14.6. The van der Waals surface area contributed by atoms with Gasteiger partial charge in [-0.05, 0) is 43.2 Å². The van der Waals surface area contributed by atoms with Crippen molar-refractivity contribution in [2.45, 2.75) is 13.3 Å². The van der Waals surface area contributed by atoms with Crippen LogP contribution in [-0.4, -0.2) is 51.0 Å². The highest BCUT2D eigenvalue weighted by molar-refractivity contribution is 14.0. The number of hydrogen-bond donors (Lipinski definition) is 4. The standard InChI is InChI=1S/C22H28ClN5O2.HI/c1-3-25-22(27-12-11-16-7-6-8-17(15-16)20(29)24-2)28-14-13-26-21(30)18-9-4-5-10-19(18)23;/h4-10,15H,3,11-14H2,1-2H3,(H,24,29)(H,26,30)(H2,25,27,28);1H. The fourth-order valence-electron chi connectivity index (χ4n) is 2.75. The smallest absolute Gasteiger partial charge is 0.252 e. The van der Waals surface area contributed by atoms with Crippen LogP contribution in [0.1, 0.15) is 33.2 Å². The molecule has 2 aromatic rings. The second-order valence-corrected chi connectivity index (χ2v) is 6.86. The molecule has 0 heterocycles. The van der Waals surface area contributed by atoms with Gasteiger partial charge in [0, 0.05) is 38.8 Å².